The van der Waals surface area contributed by atoms with Crippen LogP contribution in [0.15, 0.2) is 12.9 Å². The molecule has 0 unspecified atom stereocenters. The van der Waals surface area contributed by atoms with Gasteiger partial charge in [0.25, 0.3) is 0 Å². The zero-order chi connectivity index (χ0) is 13.3. The Kier molecular flexibility index (Phi) is 3.62. The minimum absolute atomic E-state index is 0.180. The maximum absolute atomic E-state index is 9.88. The molecule has 0 amide bonds. The van der Waals surface area contributed by atoms with E-state index < -0.39 is 24.5 Å². The van der Waals surface area contributed by atoms with E-state index in [4.69, 9.17) is 15.2 Å². The first kappa shape index (κ1) is 13.0. The first-order valence-electron chi connectivity index (χ1n) is 5.41. The van der Waals surface area contributed by atoms with Crippen LogP contribution < -0.4 is 5.73 Å². The van der Waals surface area contributed by atoms with Crippen LogP contribution in [0.3, 0.4) is 0 Å². The highest BCUT2D eigenvalue weighted by atomic mass is 16.6. The minimum Gasteiger partial charge on any atom is -0.396 e. The molecule has 2 heterocycles. The van der Waals surface area contributed by atoms with Gasteiger partial charge in [0.15, 0.2) is 12.1 Å². The van der Waals surface area contributed by atoms with E-state index in [2.05, 4.69) is 16.7 Å². The molecule has 1 aliphatic heterocycles. The molecule has 18 heavy (non-hydrogen) atoms. The third kappa shape index (κ3) is 2.23. The van der Waals surface area contributed by atoms with Crippen molar-refractivity contribution in [2.45, 2.75) is 24.5 Å². The molecular formula is C10H16N4O4. The highest BCUT2D eigenvalue weighted by Crippen LogP contribution is 2.28. The number of aliphatic hydroxyl groups is 2. The molecule has 2 rings (SSSR count). The lowest BCUT2D eigenvalue weighted by Gasteiger charge is -2.13. The summed E-state index contributed by atoms with van der Waals surface area (Å²) < 4.78 is 11.7. The quantitative estimate of drug-likeness (QED) is 0.598. The Bertz CT molecular complexity index is 435. The van der Waals surface area contributed by atoms with Gasteiger partial charge in [-0.3, -0.25) is 0 Å². The maximum atomic E-state index is 9.88. The molecule has 8 nitrogen and oxygen atoms in total. The number of aromatic nitrogens is 3. The monoisotopic (exact) mass is 256 g/mol. The second kappa shape index (κ2) is 5.02. The van der Waals surface area contributed by atoms with Crippen molar-refractivity contribution in [1.82, 2.24) is 14.8 Å². The Morgan fingerprint density at radius 2 is 2.33 bits per heavy atom. The average molecular weight is 256 g/mol. The van der Waals surface area contributed by atoms with Crippen molar-refractivity contribution in [2.75, 3.05) is 13.7 Å². The van der Waals surface area contributed by atoms with Gasteiger partial charge in [-0.1, -0.05) is 6.58 Å². The zero-order valence-electron chi connectivity index (χ0n) is 9.93. The second-order valence-corrected chi connectivity index (χ2v) is 4.08. The maximum Gasteiger partial charge on any atom is 0.196 e. The van der Waals surface area contributed by atoms with Crippen molar-refractivity contribution >= 4 is 5.70 Å². The zero-order valence-corrected chi connectivity index (χ0v) is 9.93. The lowest BCUT2D eigenvalue weighted by Crippen LogP contribution is -2.33. The van der Waals surface area contributed by atoms with E-state index in [9.17, 15) is 10.2 Å². The lowest BCUT2D eigenvalue weighted by molar-refractivity contribution is -0.0648. The average Bonchev–Trinajstić information content (AvgIpc) is 2.90. The predicted octanol–water partition coefficient (Wildman–Crippen LogP) is -1.53. The number of ether oxygens (including phenoxy) is 2. The number of rotatable bonds is 4. The first-order chi connectivity index (χ1) is 8.54. The Balaban J connectivity index is 2.15. The Hall–Kier alpha value is -1.48. The fourth-order valence-electron chi connectivity index (χ4n) is 1.79. The minimum atomic E-state index is -1.11. The van der Waals surface area contributed by atoms with Crippen LogP contribution in [0.1, 0.15) is 12.1 Å². The van der Waals surface area contributed by atoms with Gasteiger partial charge in [-0.15, -0.1) is 5.10 Å². The smallest absolute Gasteiger partial charge is 0.196 e. The summed E-state index contributed by atoms with van der Waals surface area (Å²) >= 11 is 0. The van der Waals surface area contributed by atoms with Gasteiger partial charge in [0.1, 0.15) is 24.6 Å². The largest absolute Gasteiger partial charge is 0.396 e. The van der Waals surface area contributed by atoms with Crippen LogP contribution in [-0.2, 0) is 9.47 Å². The highest BCUT2D eigenvalue weighted by molar-refractivity contribution is 5.51. The molecule has 0 bridgehead atoms. The Labute approximate surface area is 104 Å². The van der Waals surface area contributed by atoms with Crippen molar-refractivity contribution in [3.05, 3.63) is 18.7 Å². The summed E-state index contributed by atoms with van der Waals surface area (Å²) in [5, 5.41) is 23.7. The molecule has 4 N–H and O–H groups in total. The van der Waals surface area contributed by atoms with Gasteiger partial charge in [0.05, 0.1) is 12.3 Å². The lowest BCUT2D eigenvalue weighted by atomic mass is 10.1. The van der Waals surface area contributed by atoms with Crippen LogP contribution >= 0.6 is 0 Å². The molecule has 1 aromatic heterocycles. The molecule has 1 aromatic rings. The molecule has 4 atom stereocenters. The summed E-state index contributed by atoms with van der Waals surface area (Å²) in [6.07, 6.45) is -2.21. The molecule has 1 fully saturated rings. The summed E-state index contributed by atoms with van der Waals surface area (Å²) in [6.45, 7) is 3.69. The standard InChI is InChI=1S/C10H16N4O4/c1-5(11)9-12-4-14(13-9)10-8(16)7(15)6(18-10)3-17-2/h4,6-8,10,15-16H,1,3,11H2,2H3/t6-,7-,8-,10-/m1/s1. The molecule has 8 heteroatoms. The van der Waals surface area contributed by atoms with Gasteiger partial charge >= 0.3 is 0 Å². The van der Waals surface area contributed by atoms with Gasteiger partial charge in [-0.2, -0.15) is 0 Å². The van der Waals surface area contributed by atoms with E-state index in [0.717, 1.165) is 0 Å². The summed E-state index contributed by atoms with van der Waals surface area (Å²) in [6, 6.07) is 0. The number of hydrogen-bond acceptors (Lipinski definition) is 7. The predicted molar refractivity (Wildman–Crippen MR) is 61.0 cm³/mol. The summed E-state index contributed by atoms with van der Waals surface area (Å²) in [4.78, 5) is 3.91. The molecular weight excluding hydrogens is 240 g/mol. The number of methoxy groups -OCH3 is 1. The molecule has 1 saturated heterocycles. The molecule has 0 saturated carbocycles. The van der Waals surface area contributed by atoms with Crippen LogP contribution in [0.4, 0.5) is 0 Å². The summed E-state index contributed by atoms with van der Waals surface area (Å²) in [5.41, 5.74) is 5.67. The van der Waals surface area contributed by atoms with Crippen LogP contribution in [-0.4, -0.2) is 57.0 Å². The molecule has 0 radical (unpaired) electrons. The van der Waals surface area contributed by atoms with Gasteiger partial charge in [-0.25, -0.2) is 9.67 Å². The van der Waals surface area contributed by atoms with Gasteiger partial charge in [0.2, 0.25) is 0 Å². The van der Waals surface area contributed by atoms with Crippen molar-refractivity contribution < 1.29 is 19.7 Å². The summed E-state index contributed by atoms with van der Waals surface area (Å²) in [5.74, 6) is 0.260. The Morgan fingerprint density at radius 3 is 2.89 bits per heavy atom. The van der Waals surface area contributed by atoms with E-state index >= 15 is 0 Å². The van der Waals surface area contributed by atoms with Crippen molar-refractivity contribution in [2.24, 2.45) is 5.73 Å². The van der Waals surface area contributed by atoms with Gasteiger partial charge < -0.3 is 25.4 Å². The van der Waals surface area contributed by atoms with Crippen LogP contribution in [0.5, 0.6) is 0 Å². The number of nitrogens with zero attached hydrogens (tertiary/aromatic N) is 3. The second-order valence-electron chi connectivity index (χ2n) is 4.08. The van der Waals surface area contributed by atoms with Gasteiger partial charge in [-0.05, 0) is 0 Å². The third-order valence-corrected chi connectivity index (χ3v) is 2.72. The number of hydrogen-bond donors (Lipinski definition) is 3. The van der Waals surface area contributed by atoms with Crippen LogP contribution in [0, 0.1) is 0 Å². The van der Waals surface area contributed by atoms with E-state index in [0.29, 0.717) is 0 Å². The highest BCUT2D eigenvalue weighted by Gasteiger charge is 2.44. The Morgan fingerprint density at radius 1 is 1.61 bits per heavy atom. The topological polar surface area (TPSA) is 116 Å². The molecule has 100 valence electrons. The number of nitrogens with two attached hydrogens (primary N) is 1. The van der Waals surface area contributed by atoms with Crippen LogP contribution in [0.2, 0.25) is 0 Å². The van der Waals surface area contributed by atoms with Crippen molar-refractivity contribution in [1.29, 1.82) is 0 Å². The number of aliphatic hydroxyl groups excluding tert-OH is 2. The molecule has 0 aromatic carbocycles. The molecule has 0 spiro atoms. The third-order valence-electron chi connectivity index (χ3n) is 2.72. The first-order valence-corrected chi connectivity index (χ1v) is 5.41. The fraction of sp³-hybridized carbons (Fsp3) is 0.600. The SMILES string of the molecule is C=C(N)c1ncn([C@@H]2O[C@H](COC)[C@@H](O)[C@H]2O)n1. The van der Waals surface area contributed by atoms with Gasteiger partial charge in [0, 0.05) is 7.11 Å². The van der Waals surface area contributed by atoms with E-state index in [1.54, 1.807) is 0 Å². The molecule has 1 aliphatic rings. The van der Waals surface area contributed by atoms with Crippen LogP contribution in [0.25, 0.3) is 5.70 Å². The van der Waals surface area contributed by atoms with E-state index in [1.165, 1.54) is 18.1 Å². The van der Waals surface area contributed by atoms with E-state index in [-0.39, 0.29) is 18.1 Å². The molecule has 0 aliphatic carbocycles. The van der Waals surface area contributed by atoms with Crippen molar-refractivity contribution in [3.8, 4) is 0 Å². The fourth-order valence-corrected chi connectivity index (χ4v) is 1.79. The summed E-state index contributed by atoms with van der Waals surface area (Å²) in [7, 11) is 1.49. The van der Waals surface area contributed by atoms with Crippen molar-refractivity contribution in [3.63, 3.8) is 0 Å². The van der Waals surface area contributed by atoms with E-state index in [1.807, 2.05) is 0 Å². The normalized spacial score (nSPS) is 31.7.